The van der Waals surface area contributed by atoms with E-state index in [0.29, 0.717) is 37.4 Å². The van der Waals surface area contributed by atoms with Crippen molar-refractivity contribution in [3.05, 3.63) is 59.7 Å². The molecule has 1 amide bonds. The molecule has 30 heavy (non-hydrogen) atoms. The summed E-state index contributed by atoms with van der Waals surface area (Å²) >= 11 is 0. The second-order valence-electron chi connectivity index (χ2n) is 7.90. The number of hydrogen-bond acceptors (Lipinski definition) is 4. The Bertz CT molecular complexity index is 983. The van der Waals surface area contributed by atoms with Crippen LogP contribution in [-0.4, -0.2) is 38.3 Å². The summed E-state index contributed by atoms with van der Waals surface area (Å²) in [7, 11) is -3.42. The van der Waals surface area contributed by atoms with E-state index < -0.39 is 10.0 Å². The van der Waals surface area contributed by atoms with Crippen LogP contribution in [0.2, 0.25) is 0 Å². The number of rotatable bonds is 6. The lowest BCUT2D eigenvalue weighted by molar-refractivity contribution is -0.122. The Labute approximate surface area is 178 Å². The van der Waals surface area contributed by atoms with Crippen LogP contribution in [0.5, 0.6) is 5.75 Å². The molecule has 0 bridgehead atoms. The van der Waals surface area contributed by atoms with Crippen LogP contribution in [0.4, 0.5) is 0 Å². The highest BCUT2D eigenvalue weighted by atomic mass is 32.2. The van der Waals surface area contributed by atoms with Gasteiger partial charge in [0.15, 0.2) is 0 Å². The van der Waals surface area contributed by atoms with Crippen molar-refractivity contribution < 1.29 is 17.9 Å². The van der Waals surface area contributed by atoms with Gasteiger partial charge in [-0.2, -0.15) is 4.31 Å². The van der Waals surface area contributed by atoms with Crippen molar-refractivity contribution in [2.45, 2.75) is 49.5 Å². The van der Waals surface area contributed by atoms with Crippen LogP contribution in [0.25, 0.3) is 0 Å². The van der Waals surface area contributed by atoms with Gasteiger partial charge in [0.2, 0.25) is 15.9 Å². The molecule has 2 aromatic rings. The van der Waals surface area contributed by atoms with Crippen molar-refractivity contribution in [2.24, 2.45) is 0 Å². The van der Waals surface area contributed by atoms with Crippen LogP contribution >= 0.6 is 0 Å². The number of aryl methyl sites for hydroxylation is 1. The SMILES string of the molecule is O=C(CCc1ccc(S(=O)(=O)N2CCCCC2)cc1)NC1CCOc2ccccc21. The summed E-state index contributed by atoms with van der Waals surface area (Å²) in [6, 6.07) is 14.7. The predicted octanol–water partition coefficient (Wildman–Crippen LogP) is 3.43. The van der Waals surface area contributed by atoms with Gasteiger partial charge in [-0.05, 0) is 43.0 Å². The molecule has 2 aromatic carbocycles. The lowest BCUT2D eigenvalue weighted by Gasteiger charge is -2.26. The van der Waals surface area contributed by atoms with Gasteiger partial charge in [-0.3, -0.25) is 4.79 Å². The molecule has 1 atom stereocenters. The molecule has 0 radical (unpaired) electrons. The van der Waals surface area contributed by atoms with Crippen LogP contribution in [0.1, 0.15) is 49.3 Å². The topological polar surface area (TPSA) is 75.7 Å². The number of amides is 1. The van der Waals surface area contributed by atoms with Crippen molar-refractivity contribution in [1.29, 1.82) is 0 Å². The Morgan fingerprint density at radius 3 is 2.53 bits per heavy atom. The van der Waals surface area contributed by atoms with Crippen LogP contribution in [0.3, 0.4) is 0 Å². The van der Waals surface area contributed by atoms with Gasteiger partial charge in [0.1, 0.15) is 5.75 Å². The third kappa shape index (κ3) is 4.68. The summed E-state index contributed by atoms with van der Waals surface area (Å²) in [6.45, 7) is 1.79. The zero-order valence-corrected chi connectivity index (χ0v) is 17.9. The summed E-state index contributed by atoms with van der Waals surface area (Å²) in [5, 5.41) is 3.10. The van der Waals surface area contributed by atoms with Gasteiger partial charge in [-0.1, -0.05) is 36.8 Å². The van der Waals surface area contributed by atoms with Gasteiger partial charge in [0, 0.05) is 31.5 Å². The molecule has 0 aromatic heterocycles. The van der Waals surface area contributed by atoms with Crippen molar-refractivity contribution in [3.63, 3.8) is 0 Å². The smallest absolute Gasteiger partial charge is 0.243 e. The number of nitrogens with one attached hydrogen (secondary N) is 1. The van der Waals surface area contributed by atoms with E-state index in [1.54, 1.807) is 16.4 Å². The molecule has 160 valence electrons. The van der Waals surface area contributed by atoms with E-state index in [0.717, 1.165) is 42.6 Å². The largest absolute Gasteiger partial charge is 0.493 e. The fourth-order valence-electron chi connectivity index (χ4n) is 4.10. The average Bonchev–Trinajstić information content (AvgIpc) is 2.79. The number of sulfonamides is 1. The van der Waals surface area contributed by atoms with Gasteiger partial charge >= 0.3 is 0 Å². The standard InChI is InChI=1S/C23H28N2O4S/c26-23(24-21-14-17-29-22-7-3-2-6-20(21)22)13-10-18-8-11-19(12-9-18)30(27,28)25-15-4-1-5-16-25/h2-3,6-9,11-12,21H,1,4-5,10,13-17H2,(H,24,26). The number of piperidine rings is 1. The molecule has 2 aliphatic rings. The van der Waals surface area contributed by atoms with Crippen LogP contribution in [-0.2, 0) is 21.2 Å². The first-order chi connectivity index (χ1) is 14.5. The molecule has 1 fully saturated rings. The number of carbonyl (C=O) groups excluding carboxylic acids is 1. The number of para-hydroxylation sites is 1. The Morgan fingerprint density at radius 2 is 1.77 bits per heavy atom. The predicted molar refractivity (Wildman–Crippen MR) is 115 cm³/mol. The second-order valence-corrected chi connectivity index (χ2v) is 9.84. The summed E-state index contributed by atoms with van der Waals surface area (Å²) in [6.07, 6.45) is 4.62. The highest BCUT2D eigenvalue weighted by Gasteiger charge is 2.26. The fourth-order valence-corrected chi connectivity index (χ4v) is 5.62. The van der Waals surface area contributed by atoms with Crippen molar-refractivity contribution >= 4 is 15.9 Å². The lowest BCUT2D eigenvalue weighted by Crippen LogP contribution is -2.35. The minimum absolute atomic E-state index is 0.0123. The maximum Gasteiger partial charge on any atom is 0.243 e. The van der Waals surface area contributed by atoms with E-state index in [-0.39, 0.29) is 11.9 Å². The molecular weight excluding hydrogens is 400 g/mol. The first-order valence-electron chi connectivity index (χ1n) is 10.6. The van der Waals surface area contributed by atoms with E-state index >= 15 is 0 Å². The normalized spacial score (nSPS) is 19.5. The molecule has 1 unspecified atom stereocenters. The van der Waals surface area contributed by atoms with Crippen molar-refractivity contribution in [3.8, 4) is 5.75 Å². The van der Waals surface area contributed by atoms with Crippen molar-refractivity contribution in [2.75, 3.05) is 19.7 Å². The molecule has 0 saturated carbocycles. The number of carbonyl (C=O) groups is 1. The Morgan fingerprint density at radius 1 is 1.03 bits per heavy atom. The third-order valence-corrected chi connectivity index (χ3v) is 7.72. The highest BCUT2D eigenvalue weighted by Crippen LogP contribution is 2.31. The summed E-state index contributed by atoms with van der Waals surface area (Å²) < 4.78 is 32.7. The molecule has 2 aliphatic heterocycles. The summed E-state index contributed by atoms with van der Waals surface area (Å²) in [4.78, 5) is 12.8. The lowest BCUT2D eigenvalue weighted by atomic mass is 10.00. The first-order valence-corrected chi connectivity index (χ1v) is 12.1. The van der Waals surface area contributed by atoms with Crippen LogP contribution in [0, 0.1) is 0 Å². The van der Waals surface area contributed by atoms with Gasteiger partial charge in [0.25, 0.3) is 0 Å². The van der Waals surface area contributed by atoms with E-state index in [9.17, 15) is 13.2 Å². The zero-order valence-electron chi connectivity index (χ0n) is 17.0. The third-order valence-electron chi connectivity index (χ3n) is 5.81. The Kier molecular flexibility index (Phi) is 6.39. The molecule has 7 heteroatoms. The number of nitrogens with zero attached hydrogens (tertiary/aromatic N) is 1. The first kappa shape index (κ1) is 20.9. The van der Waals surface area contributed by atoms with Gasteiger partial charge in [-0.15, -0.1) is 0 Å². The quantitative estimate of drug-likeness (QED) is 0.765. The molecule has 0 aliphatic carbocycles. The van der Waals surface area contributed by atoms with Gasteiger partial charge in [-0.25, -0.2) is 8.42 Å². The maximum absolute atomic E-state index is 12.7. The average molecular weight is 429 g/mol. The molecule has 6 nitrogen and oxygen atoms in total. The molecule has 4 rings (SSSR count). The Hall–Kier alpha value is -2.38. The summed E-state index contributed by atoms with van der Waals surface area (Å²) in [5.74, 6) is 0.821. The fraction of sp³-hybridized carbons (Fsp3) is 0.435. The van der Waals surface area contributed by atoms with Gasteiger partial charge in [0.05, 0.1) is 17.5 Å². The monoisotopic (exact) mass is 428 g/mol. The number of benzene rings is 2. The molecule has 1 N–H and O–H groups in total. The maximum atomic E-state index is 12.7. The minimum atomic E-state index is -3.42. The molecule has 1 saturated heterocycles. The van der Waals surface area contributed by atoms with Gasteiger partial charge < -0.3 is 10.1 Å². The number of ether oxygens (including phenoxy) is 1. The molecular formula is C23H28N2O4S. The zero-order chi connectivity index (χ0) is 21.0. The molecule has 0 spiro atoms. The van der Waals surface area contributed by atoms with E-state index in [4.69, 9.17) is 4.74 Å². The minimum Gasteiger partial charge on any atom is -0.493 e. The van der Waals surface area contributed by atoms with E-state index in [2.05, 4.69) is 5.32 Å². The summed E-state index contributed by atoms with van der Waals surface area (Å²) in [5.41, 5.74) is 1.97. The van der Waals surface area contributed by atoms with Crippen molar-refractivity contribution in [1.82, 2.24) is 9.62 Å². The van der Waals surface area contributed by atoms with E-state index in [1.165, 1.54) is 0 Å². The Balaban J connectivity index is 1.33. The van der Waals surface area contributed by atoms with Crippen LogP contribution < -0.4 is 10.1 Å². The van der Waals surface area contributed by atoms with Crippen LogP contribution in [0.15, 0.2) is 53.4 Å². The highest BCUT2D eigenvalue weighted by molar-refractivity contribution is 7.89. The number of hydrogen-bond donors (Lipinski definition) is 1. The second kappa shape index (κ2) is 9.18. The van der Waals surface area contributed by atoms with E-state index in [1.807, 2.05) is 36.4 Å². The molecule has 2 heterocycles. The number of fused-ring (bicyclic) bond motifs is 1.